The summed E-state index contributed by atoms with van der Waals surface area (Å²) < 4.78 is 67.4. The molecule has 6 nitrogen and oxygen atoms in total. The molecular weight excluding hydrogens is 367 g/mol. The van der Waals surface area contributed by atoms with Crippen LogP contribution < -0.4 is 9.44 Å². The number of aryl methyl sites for hydroxylation is 1. The van der Waals surface area contributed by atoms with Gasteiger partial charge in [0.15, 0.2) is 0 Å². The maximum absolute atomic E-state index is 13.8. The van der Waals surface area contributed by atoms with Crippen molar-refractivity contribution in [2.24, 2.45) is 0 Å². The number of nitrogens with one attached hydrogen (secondary N) is 2. The molecule has 0 amide bonds. The quantitative estimate of drug-likeness (QED) is 0.800. The van der Waals surface area contributed by atoms with Gasteiger partial charge in [0, 0.05) is 6.04 Å². The lowest BCUT2D eigenvalue weighted by Gasteiger charge is -2.10. The van der Waals surface area contributed by atoms with Gasteiger partial charge in [-0.05, 0) is 61.7 Å². The van der Waals surface area contributed by atoms with Crippen LogP contribution in [-0.2, 0) is 20.0 Å². The van der Waals surface area contributed by atoms with Crippen LogP contribution in [0.25, 0.3) is 0 Å². The molecule has 1 fully saturated rings. The fourth-order valence-electron chi connectivity index (χ4n) is 2.19. The van der Waals surface area contributed by atoms with Crippen molar-refractivity contribution < 1.29 is 21.2 Å². The summed E-state index contributed by atoms with van der Waals surface area (Å²) in [7, 11) is -7.68. The van der Waals surface area contributed by atoms with E-state index < -0.39 is 25.9 Å². The fourth-order valence-corrected chi connectivity index (χ4v) is 4.57. The zero-order valence-electron chi connectivity index (χ0n) is 13.4. The van der Waals surface area contributed by atoms with E-state index in [1.165, 1.54) is 36.4 Å². The van der Waals surface area contributed by atoms with Crippen molar-refractivity contribution in [2.45, 2.75) is 35.6 Å². The van der Waals surface area contributed by atoms with Crippen molar-refractivity contribution in [3.63, 3.8) is 0 Å². The molecule has 2 aromatic carbocycles. The Morgan fingerprint density at radius 1 is 0.920 bits per heavy atom. The predicted molar refractivity (Wildman–Crippen MR) is 91.7 cm³/mol. The monoisotopic (exact) mass is 384 g/mol. The molecule has 0 heterocycles. The van der Waals surface area contributed by atoms with Crippen LogP contribution in [0.4, 0.5) is 10.1 Å². The Morgan fingerprint density at radius 2 is 1.48 bits per heavy atom. The molecule has 1 aliphatic rings. The number of benzene rings is 2. The Hall–Kier alpha value is -1.97. The first-order chi connectivity index (χ1) is 11.7. The zero-order valence-corrected chi connectivity index (χ0v) is 15.0. The van der Waals surface area contributed by atoms with E-state index in [9.17, 15) is 21.2 Å². The highest BCUT2D eigenvalue weighted by Crippen LogP contribution is 2.24. The molecule has 0 spiro atoms. The van der Waals surface area contributed by atoms with Gasteiger partial charge in [0.1, 0.15) is 5.82 Å². The molecule has 134 valence electrons. The molecule has 0 aromatic heterocycles. The Labute approximate surface area is 146 Å². The van der Waals surface area contributed by atoms with Crippen LogP contribution in [0.3, 0.4) is 0 Å². The summed E-state index contributed by atoms with van der Waals surface area (Å²) >= 11 is 0. The van der Waals surface area contributed by atoms with Gasteiger partial charge in [0.05, 0.1) is 15.5 Å². The minimum absolute atomic E-state index is 0.0140. The van der Waals surface area contributed by atoms with E-state index in [1.54, 1.807) is 13.0 Å². The number of halogens is 1. The molecule has 0 saturated heterocycles. The van der Waals surface area contributed by atoms with E-state index in [1.807, 2.05) is 0 Å². The average molecular weight is 384 g/mol. The van der Waals surface area contributed by atoms with E-state index >= 15 is 0 Å². The average Bonchev–Trinajstić information content (AvgIpc) is 3.33. The SMILES string of the molecule is Cc1ccc(NS(=O)(=O)c2ccc(S(=O)(=O)NC3CC3)cc2)c(F)c1. The fraction of sp³-hybridized carbons (Fsp3) is 0.250. The van der Waals surface area contributed by atoms with Crippen LogP contribution in [-0.4, -0.2) is 22.9 Å². The predicted octanol–water partition coefficient (Wildman–Crippen LogP) is 2.38. The van der Waals surface area contributed by atoms with Crippen molar-refractivity contribution >= 4 is 25.7 Å². The lowest BCUT2D eigenvalue weighted by molar-refractivity contribution is 0.580. The van der Waals surface area contributed by atoms with Crippen LogP contribution in [0, 0.1) is 12.7 Å². The Morgan fingerprint density at radius 3 is 2.00 bits per heavy atom. The Kier molecular flexibility index (Phi) is 4.56. The van der Waals surface area contributed by atoms with Crippen molar-refractivity contribution in [3.05, 3.63) is 53.8 Å². The first-order valence-electron chi connectivity index (χ1n) is 7.59. The van der Waals surface area contributed by atoms with Gasteiger partial charge >= 0.3 is 0 Å². The minimum atomic E-state index is -4.03. The normalized spacial score (nSPS) is 15.1. The molecule has 0 bridgehead atoms. The maximum atomic E-state index is 13.8. The van der Waals surface area contributed by atoms with Crippen LogP contribution >= 0.6 is 0 Å². The van der Waals surface area contributed by atoms with E-state index in [0.29, 0.717) is 5.56 Å². The van der Waals surface area contributed by atoms with Gasteiger partial charge < -0.3 is 0 Å². The topological polar surface area (TPSA) is 92.3 Å². The summed E-state index contributed by atoms with van der Waals surface area (Å²) in [6.45, 7) is 1.69. The van der Waals surface area contributed by atoms with Gasteiger partial charge in [-0.15, -0.1) is 0 Å². The van der Waals surface area contributed by atoms with Gasteiger partial charge in [-0.2, -0.15) is 0 Å². The number of hydrogen-bond donors (Lipinski definition) is 2. The third-order valence-electron chi connectivity index (χ3n) is 3.71. The van der Waals surface area contributed by atoms with Gasteiger partial charge in [0.2, 0.25) is 10.0 Å². The second kappa shape index (κ2) is 6.40. The third kappa shape index (κ3) is 4.17. The van der Waals surface area contributed by atoms with Crippen LogP contribution in [0.15, 0.2) is 52.3 Å². The van der Waals surface area contributed by atoms with Crippen molar-refractivity contribution in [2.75, 3.05) is 4.72 Å². The number of anilines is 1. The summed E-state index contributed by atoms with van der Waals surface area (Å²) in [5.74, 6) is -0.684. The molecule has 1 saturated carbocycles. The summed E-state index contributed by atoms with van der Waals surface area (Å²) in [6, 6.07) is 8.87. The molecule has 25 heavy (non-hydrogen) atoms. The summed E-state index contributed by atoms with van der Waals surface area (Å²) in [5.41, 5.74) is 0.496. The molecule has 3 rings (SSSR count). The summed E-state index contributed by atoms with van der Waals surface area (Å²) in [6.07, 6.45) is 1.61. The van der Waals surface area contributed by atoms with Gasteiger partial charge in [-0.3, -0.25) is 4.72 Å². The Bertz CT molecular complexity index is 999. The molecule has 0 unspecified atom stereocenters. The van der Waals surface area contributed by atoms with Crippen LogP contribution in [0.1, 0.15) is 18.4 Å². The zero-order chi connectivity index (χ0) is 18.2. The molecule has 1 aliphatic carbocycles. The number of rotatable bonds is 6. The molecule has 2 N–H and O–H groups in total. The minimum Gasteiger partial charge on any atom is -0.277 e. The van der Waals surface area contributed by atoms with Crippen molar-refractivity contribution in [1.29, 1.82) is 0 Å². The second-order valence-corrected chi connectivity index (χ2v) is 9.35. The van der Waals surface area contributed by atoms with Crippen LogP contribution in [0.2, 0.25) is 0 Å². The van der Waals surface area contributed by atoms with Gasteiger partial charge in [-0.25, -0.2) is 25.9 Å². The summed E-state index contributed by atoms with van der Waals surface area (Å²) in [5, 5.41) is 0. The molecule has 2 aromatic rings. The highest BCUT2D eigenvalue weighted by molar-refractivity contribution is 7.92. The second-order valence-electron chi connectivity index (χ2n) is 5.96. The Balaban J connectivity index is 1.82. The largest absolute Gasteiger partial charge is 0.277 e. The molecule has 9 heteroatoms. The lowest BCUT2D eigenvalue weighted by Crippen LogP contribution is -2.25. The van der Waals surface area contributed by atoms with Gasteiger partial charge in [0.25, 0.3) is 10.0 Å². The number of hydrogen-bond acceptors (Lipinski definition) is 4. The highest BCUT2D eigenvalue weighted by atomic mass is 32.2. The molecule has 0 radical (unpaired) electrons. The van der Waals surface area contributed by atoms with E-state index in [-0.39, 0.29) is 21.5 Å². The van der Waals surface area contributed by atoms with E-state index in [4.69, 9.17) is 0 Å². The van der Waals surface area contributed by atoms with Crippen LogP contribution in [0.5, 0.6) is 0 Å². The highest BCUT2D eigenvalue weighted by Gasteiger charge is 2.28. The standard InChI is InChI=1S/C16H17FN2O4S2/c1-11-2-9-16(15(17)10-11)19-25(22,23)14-7-5-13(6-8-14)24(20,21)18-12-3-4-12/h2,5-10,12,18-19H,3-4H2,1H3. The van der Waals surface area contributed by atoms with Crippen molar-refractivity contribution in [3.8, 4) is 0 Å². The first-order valence-corrected chi connectivity index (χ1v) is 10.6. The van der Waals surface area contributed by atoms with Crippen molar-refractivity contribution in [1.82, 2.24) is 4.72 Å². The number of sulfonamides is 2. The third-order valence-corrected chi connectivity index (χ3v) is 6.63. The van der Waals surface area contributed by atoms with E-state index in [0.717, 1.165) is 12.8 Å². The van der Waals surface area contributed by atoms with Gasteiger partial charge in [-0.1, -0.05) is 6.07 Å². The molecular formula is C16H17FN2O4S2. The summed E-state index contributed by atoms with van der Waals surface area (Å²) in [4.78, 5) is -0.169. The lowest BCUT2D eigenvalue weighted by atomic mass is 10.2. The maximum Gasteiger partial charge on any atom is 0.261 e. The molecule has 0 atom stereocenters. The van der Waals surface area contributed by atoms with E-state index in [2.05, 4.69) is 9.44 Å². The smallest absolute Gasteiger partial charge is 0.261 e. The molecule has 0 aliphatic heterocycles. The first kappa shape index (κ1) is 17.8.